The predicted molar refractivity (Wildman–Crippen MR) is 88.2 cm³/mol. The summed E-state index contributed by atoms with van der Waals surface area (Å²) in [5.74, 6) is 0.0263. The number of hydrogen-bond donors (Lipinski definition) is 0. The second-order valence-electron chi connectivity index (χ2n) is 5.19. The zero-order valence-electron chi connectivity index (χ0n) is 14.0. The highest BCUT2D eigenvalue weighted by Gasteiger charge is 2.21. The summed E-state index contributed by atoms with van der Waals surface area (Å²) in [5.41, 5.74) is 2.80. The van der Waals surface area contributed by atoms with Gasteiger partial charge in [0, 0.05) is 17.0 Å². The molecule has 1 amide bonds. The van der Waals surface area contributed by atoms with Crippen molar-refractivity contribution < 1.29 is 4.79 Å². The van der Waals surface area contributed by atoms with Gasteiger partial charge in [-0.3, -0.25) is 9.69 Å². The lowest BCUT2D eigenvalue weighted by Gasteiger charge is -2.28. The average Bonchev–Trinajstić information content (AvgIpc) is 2.45. The molecule has 0 N–H and O–H groups in total. The maximum absolute atomic E-state index is 12.5. The Kier molecular flexibility index (Phi) is 9.79. The maximum atomic E-state index is 12.5. The molecule has 0 saturated carbocycles. The molecule has 114 valence electrons. The van der Waals surface area contributed by atoms with Crippen molar-refractivity contribution in [2.24, 2.45) is 0 Å². The summed E-state index contributed by atoms with van der Waals surface area (Å²) in [7, 11) is 0. The van der Waals surface area contributed by atoms with E-state index in [1.165, 1.54) is 0 Å². The van der Waals surface area contributed by atoms with Crippen LogP contribution in [0.3, 0.4) is 0 Å². The van der Waals surface area contributed by atoms with E-state index >= 15 is 0 Å². The van der Waals surface area contributed by atoms with E-state index in [1.54, 1.807) is 6.92 Å². The molecule has 0 aliphatic rings. The van der Waals surface area contributed by atoms with Gasteiger partial charge in [-0.15, -0.1) is 0 Å². The van der Waals surface area contributed by atoms with E-state index in [4.69, 9.17) is 0 Å². The maximum Gasteiger partial charge on any atom is 0.257 e. The molecule has 0 aliphatic heterocycles. The first-order valence-electron chi connectivity index (χ1n) is 7.83. The smallest absolute Gasteiger partial charge is 0.257 e. The molecule has 0 fully saturated rings. The zero-order valence-corrected chi connectivity index (χ0v) is 14.0. The van der Waals surface area contributed by atoms with Gasteiger partial charge in [0.25, 0.3) is 5.91 Å². The van der Waals surface area contributed by atoms with E-state index in [-0.39, 0.29) is 5.91 Å². The Balaban J connectivity index is 5.34. The van der Waals surface area contributed by atoms with Crippen molar-refractivity contribution in [3.8, 4) is 0 Å². The largest absolute Gasteiger partial charge is 0.286 e. The quantitative estimate of drug-likeness (QED) is 0.504. The molecule has 0 aromatic rings. The highest BCUT2D eigenvalue weighted by atomic mass is 16.2. The molecule has 0 aliphatic carbocycles. The number of unbranched alkanes of at least 4 members (excludes halogenated alkanes) is 2. The molecular weight excluding hydrogens is 246 g/mol. The first-order valence-corrected chi connectivity index (χ1v) is 7.83. The Labute approximate surface area is 125 Å². The first-order chi connectivity index (χ1) is 9.53. The summed E-state index contributed by atoms with van der Waals surface area (Å²) in [6, 6.07) is 0. The topological polar surface area (TPSA) is 20.3 Å². The fourth-order valence-corrected chi connectivity index (χ4v) is 2.12. The minimum atomic E-state index is 0.0263. The third-order valence-corrected chi connectivity index (χ3v) is 3.38. The Morgan fingerprint density at radius 1 is 1.00 bits per heavy atom. The number of carbonyl (C=O) groups is 1. The van der Waals surface area contributed by atoms with Crippen LogP contribution in [0.15, 0.2) is 35.7 Å². The Morgan fingerprint density at radius 3 is 1.65 bits per heavy atom. The van der Waals surface area contributed by atoms with Gasteiger partial charge in [-0.25, -0.2) is 0 Å². The first kappa shape index (κ1) is 18.7. The van der Waals surface area contributed by atoms with Crippen LogP contribution in [0.25, 0.3) is 0 Å². The van der Waals surface area contributed by atoms with E-state index in [1.807, 2.05) is 18.7 Å². The van der Waals surface area contributed by atoms with Gasteiger partial charge >= 0.3 is 0 Å². The number of allylic oxidation sites excluding steroid dienone is 4. The number of carbonyl (C=O) groups excluding carboxylic acids is 1. The summed E-state index contributed by atoms with van der Waals surface area (Å²) in [6.45, 7) is 14.0. The number of nitrogens with zero attached hydrogens (tertiary/aromatic N) is 1. The van der Waals surface area contributed by atoms with Gasteiger partial charge < -0.3 is 0 Å². The van der Waals surface area contributed by atoms with Crippen LogP contribution < -0.4 is 0 Å². The van der Waals surface area contributed by atoms with E-state index in [0.717, 1.165) is 49.9 Å². The van der Waals surface area contributed by atoms with E-state index in [0.29, 0.717) is 5.57 Å². The van der Waals surface area contributed by atoms with Gasteiger partial charge in [0.1, 0.15) is 0 Å². The molecule has 0 spiro atoms. The van der Waals surface area contributed by atoms with Crippen LogP contribution >= 0.6 is 0 Å². The SMILES string of the molecule is C=C(C)C(=O)N(C(=CC)CCCC)C(=CC)CCCC. The molecule has 0 aromatic heterocycles. The second kappa shape index (κ2) is 10.5. The van der Waals surface area contributed by atoms with Crippen molar-refractivity contribution in [3.63, 3.8) is 0 Å². The molecule has 0 atom stereocenters. The molecule has 0 radical (unpaired) electrons. The van der Waals surface area contributed by atoms with Crippen LogP contribution in [0.5, 0.6) is 0 Å². The summed E-state index contributed by atoms with van der Waals surface area (Å²) in [5, 5.41) is 0. The van der Waals surface area contributed by atoms with Gasteiger partial charge in [-0.2, -0.15) is 0 Å². The van der Waals surface area contributed by atoms with Crippen LogP contribution in [-0.2, 0) is 4.79 Å². The Bertz CT molecular complexity index is 353. The highest BCUT2D eigenvalue weighted by Crippen LogP contribution is 2.24. The molecule has 0 unspecified atom stereocenters. The molecule has 20 heavy (non-hydrogen) atoms. The van der Waals surface area contributed by atoms with Crippen molar-refractivity contribution in [1.29, 1.82) is 0 Å². The monoisotopic (exact) mass is 277 g/mol. The Morgan fingerprint density at radius 2 is 1.40 bits per heavy atom. The van der Waals surface area contributed by atoms with Gasteiger partial charge in [-0.05, 0) is 46.5 Å². The third kappa shape index (κ3) is 5.77. The molecule has 2 nitrogen and oxygen atoms in total. The fourth-order valence-electron chi connectivity index (χ4n) is 2.12. The molecule has 2 heteroatoms. The van der Waals surface area contributed by atoms with Crippen LogP contribution in [0.1, 0.15) is 73.1 Å². The molecule has 0 aromatic carbocycles. The van der Waals surface area contributed by atoms with Crippen molar-refractivity contribution >= 4 is 5.91 Å². The lowest BCUT2D eigenvalue weighted by molar-refractivity contribution is -0.123. The van der Waals surface area contributed by atoms with Crippen molar-refractivity contribution in [3.05, 3.63) is 35.7 Å². The molecular formula is C18H31NO. The predicted octanol–water partition coefficient (Wildman–Crippen LogP) is 5.58. The lowest BCUT2D eigenvalue weighted by atomic mass is 10.1. The Hall–Kier alpha value is -1.31. The van der Waals surface area contributed by atoms with Gasteiger partial charge in [-0.1, -0.05) is 45.4 Å². The number of amides is 1. The average molecular weight is 277 g/mol. The normalized spacial score (nSPS) is 12.4. The summed E-state index contributed by atoms with van der Waals surface area (Å²) in [4.78, 5) is 14.4. The second-order valence-corrected chi connectivity index (χ2v) is 5.19. The lowest BCUT2D eigenvalue weighted by Crippen LogP contribution is -2.30. The summed E-state index contributed by atoms with van der Waals surface area (Å²) < 4.78 is 0. The van der Waals surface area contributed by atoms with Gasteiger partial charge in [0.2, 0.25) is 0 Å². The molecule has 0 heterocycles. The number of hydrogen-bond acceptors (Lipinski definition) is 1. The van der Waals surface area contributed by atoms with E-state index < -0.39 is 0 Å². The van der Waals surface area contributed by atoms with Crippen LogP contribution in [0.2, 0.25) is 0 Å². The standard InChI is InChI=1S/C18H31NO/c1-7-11-13-16(9-3)19(18(20)15(5)6)17(10-4)14-12-8-2/h9-10H,5,7-8,11-14H2,1-4,6H3. The van der Waals surface area contributed by atoms with Gasteiger partial charge in [0.15, 0.2) is 0 Å². The van der Waals surface area contributed by atoms with Crippen molar-refractivity contribution in [2.45, 2.75) is 73.1 Å². The highest BCUT2D eigenvalue weighted by molar-refractivity contribution is 5.94. The van der Waals surface area contributed by atoms with Gasteiger partial charge in [0.05, 0.1) is 0 Å². The van der Waals surface area contributed by atoms with Crippen molar-refractivity contribution in [1.82, 2.24) is 4.90 Å². The minimum absolute atomic E-state index is 0.0263. The van der Waals surface area contributed by atoms with Crippen molar-refractivity contribution in [2.75, 3.05) is 0 Å². The number of rotatable bonds is 9. The van der Waals surface area contributed by atoms with E-state index in [9.17, 15) is 4.79 Å². The third-order valence-electron chi connectivity index (χ3n) is 3.38. The summed E-state index contributed by atoms with van der Waals surface area (Å²) >= 11 is 0. The molecule has 0 saturated heterocycles. The van der Waals surface area contributed by atoms with Crippen LogP contribution in [0, 0.1) is 0 Å². The fraction of sp³-hybridized carbons (Fsp3) is 0.611. The minimum Gasteiger partial charge on any atom is -0.286 e. The molecule has 0 bridgehead atoms. The zero-order chi connectivity index (χ0) is 15.5. The van der Waals surface area contributed by atoms with Crippen LogP contribution in [-0.4, -0.2) is 10.8 Å². The molecule has 0 rings (SSSR count). The summed E-state index contributed by atoms with van der Waals surface area (Å²) in [6.07, 6.45) is 10.5. The van der Waals surface area contributed by atoms with Crippen LogP contribution in [0.4, 0.5) is 0 Å². The van der Waals surface area contributed by atoms with E-state index in [2.05, 4.69) is 32.6 Å².